The fraction of sp³-hybridized carbons (Fsp3) is 0.750. The van der Waals surface area contributed by atoms with Crippen molar-refractivity contribution >= 4 is 17.8 Å². The second-order valence-corrected chi connectivity index (χ2v) is 4.54. The van der Waals surface area contributed by atoms with Gasteiger partial charge in [-0.25, -0.2) is 9.59 Å². The minimum Gasteiger partial charge on any atom is -0.479 e. The van der Waals surface area contributed by atoms with Crippen molar-refractivity contribution in [3.05, 3.63) is 0 Å². The molecule has 0 saturated carbocycles. The summed E-state index contributed by atoms with van der Waals surface area (Å²) in [4.78, 5) is 33.7. The van der Waals surface area contributed by atoms with Gasteiger partial charge in [0.15, 0.2) is 6.10 Å². The minimum absolute atomic E-state index is 0.469. The Labute approximate surface area is 117 Å². The predicted molar refractivity (Wildman–Crippen MR) is 71.7 cm³/mol. The molecule has 0 aromatic carbocycles. The molecule has 0 aliphatic carbocycles. The van der Waals surface area contributed by atoms with E-state index in [4.69, 9.17) is 16.6 Å². The molecule has 0 heterocycles. The molecule has 0 spiro atoms. The van der Waals surface area contributed by atoms with Crippen molar-refractivity contribution in [3.63, 3.8) is 0 Å². The lowest BCUT2D eigenvalue weighted by atomic mass is 10.1. The molecule has 0 saturated heterocycles. The fourth-order valence-electron chi connectivity index (χ4n) is 1.35. The zero-order valence-corrected chi connectivity index (χ0v) is 11.8. The van der Waals surface area contributed by atoms with E-state index in [0.717, 1.165) is 12.8 Å². The van der Waals surface area contributed by atoms with E-state index in [0.29, 0.717) is 13.0 Å². The van der Waals surface area contributed by atoms with Crippen molar-refractivity contribution in [1.29, 1.82) is 0 Å². The highest BCUT2D eigenvalue weighted by molar-refractivity contribution is 5.88. The van der Waals surface area contributed by atoms with Gasteiger partial charge in [0.1, 0.15) is 6.04 Å². The minimum atomic E-state index is -1.26. The second-order valence-electron chi connectivity index (χ2n) is 4.54. The average Bonchev–Trinajstić information content (AvgIpc) is 2.38. The van der Waals surface area contributed by atoms with Crippen molar-refractivity contribution < 1.29 is 24.2 Å². The van der Waals surface area contributed by atoms with Crippen LogP contribution in [0.1, 0.15) is 33.1 Å². The Hall–Kier alpha value is -1.67. The third-order valence-corrected chi connectivity index (χ3v) is 2.66. The van der Waals surface area contributed by atoms with E-state index in [-0.39, 0.29) is 0 Å². The van der Waals surface area contributed by atoms with Crippen LogP contribution in [0.3, 0.4) is 0 Å². The Morgan fingerprint density at radius 2 is 1.85 bits per heavy atom. The normalized spacial score (nSPS) is 15.0. The highest BCUT2D eigenvalue weighted by Crippen LogP contribution is 2.00. The topological polar surface area (TPSA) is 145 Å². The van der Waals surface area contributed by atoms with Gasteiger partial charge in [-0.2, -0.15) is 0 Å². The number of carboxylic acids is 1. The zero-order valence-electron chi connectivity index (χ0n) is 11.8. The van der Waals surface area contributed by atoms with Gasteiger partial charge < -0.3 is 26.6 Å². The largest absolute Gasteiger partial charge is 0.479 e. The van der Waals surface area contributed by atoms with Crippen LogP contribution >= 0.6 is 0 Å². The van der Waals surface area contributed by atoms with Crippen LogP contribution in [-0.2, 0) is 19.1 Å². The number of nitrogens with two attached hydrogens (primary N) is 2. The molecule has 0 rings (SSSR count). The van der Waals surface area contributed by atoms with Crippen molar-refractivity contribution in [3.8, 4) is 0 Å². The summed E-state index contributed by atoms with van der Waals surface area (Å²) in [6, 6.07) is -1.68. The molecule has 0 radical (unpaired) electrons. The molecule has 8 nitrogen and oxygen atoms in total. The summed E-state index contributed by atoms with van der Waals surface area (Å²) in [6.45, 7) is 3.17. The number of hydrogen-bond donors (Lipinski definition) is 4. The Morgan fingerprint density at radius 1 is 1.25 bits per heavy atom. The number of rotatable bonds is 9. The summed E-state index contributed by atoms with van der Waals surface area (Å²) in [5, 5.41) is 11.0. The maximum Gasteiger partial charge on any atom is 0.344 e. The van der Waals surface area contributed by atoms with Gasteiger partial charge in [0, 0.05) is 0 Å². The number of carboxylic acid groups (broad SMARTS) is 1. The molecule has 8 heteroatoms. The Kier molecular flexibility index (Phi) is 8.49. The van der Waals surface area contributed by atoms with Crippen molar-refractivity contribution in [1.82, 2.24) is 5.32 Å². The first-order chi connectivity index (χ1) is 9.29. The van der Waals surface area contributed by atoms with E-state index < -0.39 is 36.0 Å². The van der Waals surface area contributed by atoms with Gasteiger partial charge in [0.25, 0.3) is 0 Å². The highest BCUT2D eigenvalue weighted by atomic mass is 16.6. The molecule has 0 fully saturated rings. The molecular formula is C12H23N3O5. The average molecular weight is 289 g/mol. The highest BCUT2D eigenvalue weighted by Gasteiger charge is 2.24. The van der Waals surface area contributed by atoms with Crippen LogP contribution in [0.25, 0.3) is 0 Å². The van der Waals surface area contributed by atoms with Crippen molar-refractivity contribution in [2.75, 3.05) is 6.54 Å². The van der Waals surface area contributed by atoms with E-state index in [9.17, 15) is 14.4 Å². The molecule has 0 bridgehead atoms. The molecule has 20 heavy (non-hydrogen) atoms. The van der Waals surface area contributed by atoms with Crippen LogP contribution < -0.4 is 16.8 Å². The third-order valence-electron chi connectivity index (χ3n) is 2.66. The van der Waals surface area contributed by atoms with E-state index in [1.54, 1.807) is 0 Å². The van der Waals surface area contributed by atoms with Crippen LogP contribution in [-0.4, -0.2) is 47.7 Å². The SMILES string of the molecule is C[C@@H](NC(=O)[C@@H](N)CCCCN)C(=O)O[C@H](C)C(=O)O. The van der Waals surface area contributed by atoms with Gasteiger partial charge >= 0.3 is 11.9 Å². The summed E-state index contributed by atoms with van der Waals surface area (Å²) >= 11 is 0. The fourth-order valence-corrected chi connectivity index (χ4v) is 1.35. The molecule has 6 N–H and O–H groups in total. The third kappa shape index (κ3) is 7.05. The number of ether oxygens (including phenoxy) is 1. The van der Waals surface area contributed by atoms with Gasteiger partial charge in [-0.1, -0.05) is 6.42 Å². The molecule has 0 unspecified atom stereocenters. The Bertz CT molecular complexity index is 348. The van der Waals surface area contributed by atoms with Crippen molar-refractivity contribution in [2.24, 2.45) is 11.5 Å². The quantitative estimate of drug-likeness (QED) is 0.313. The van der Waals surface area contributed by atoms with E-state index in [1.165, 1.54) is 13.8 Å². The first-order valence-electron chi connectivity index (χ1n) is 6.49. The first-order valence-corrected chi connectivity index (χ1v) is 6.49. The lowest BCUT2D eigenvalue weighted by Gasteiger charge is -2.18. The van der Waals surface area contributed by atoms with Gasteiger partial charge in [-0.15, -0.1) is 0 Å². The number of amides is 1. The molecule has 116 valence electrons. The second kappa shape index (κ2) is 9.27. The van der Waals surface area contributed by atoms with Gasteiger partial charge in [0.05, 0.1) is 6.04 Å². The molecule has 0 aliphatic heterocycles. The summed E-state index contributed by atoms with van der Waals surface area (Å²) in [5.74, 6) is -2.55. The zero-order chi connectivity index (χ0) is 15.7. The summed E-state index contributed by atoms with van der Waals surface area (Å²) in [5.41, 5.74) is 11.0. The number of nitrogens with one attached hydrogen (secondary N) is 1. The monoisotopic (exact) mass is 289 g/mol. The lowest BCUT2D eigenvalue weighted by molar-refractivity contribution is -0.164. The number of esters is 1. The van der Waals surface area contributed by atoms with E-state index in [1.807, 2.05) is 0 Å². The van der Waals surface area contributed by atoms with Crippen LogP contribution in [0, 0.1) is 0 Å². The van der Waals surface area contributed by atoms with Crippen LogP contribution in [0.15, 0.2) is 0 Å². The number of carbonyl (C=O) groups is 3. The van der Waals surface area contributed by atoms with Crippen molar-refractivity contribution in [2.45, 2.75) is 51.3 Å². The van der Waals surface area contributed by atoms with Gasteiger partial charge in [-0.05, 0) is 33.2 Å². The molecule has 0 aromatic heterocycles. The van der Waals surface area contributed by atoms with Crippen LogP contribution in [0.5, 0.6) is 0 Å². The molecular weight excluding hydrogens is 266 g/mol. The summed E-state index contributed by atoms with van der Waals surface area (Å²) in [6.07, 6.45) is 0.699. The van der Waals surface area contributed by atoms with Crippen LogP contribution in [0.2, 0.25) is 0 Å². The molecule has 1 amide bonds. The number of carbonyl (C=O) groups excluding carboxylic acids is 2. The van der Waals surface area contributed by atoms with E-state index in [2.05, 4.69) is 10.1 Å². The number of hydrogen-bond acceptors (Lipinski definition) is 6. The first kappa shape index (κ1) is 18.3. The van der Waals surface area contributed by atoms with Gasteiger partial charge in [0.2, 0.25) is 5.91 Å². The Morgan fingerprint density at radius 3 is 2.35 bits per heavy atom. The Balaban J connectivity index is 4.17. The van der Waals surface area contributed by atoms with Gasteiger partial charge in [-0.3, -0.25) is 4.79 Å². The maximum atomic E-state index is 11.7. The van der Waals surface area contributed by atoms with E-state index >= 15 is 0 Å². The molecule has 0 aliphatic rings. The smallest absolute Gasteiger partial charge is 0.344 e. The predicted octanol–water partition coefficient (Wildman–Crippen LogP) is -1.04. The standard InChI is InChI=1S/C12H23N3O5/c1-7(12(19)20-8(2)11(17)18)15-10(16)9(14)5-3-4-6-13/h7-9H,3-6,13-14H2,1-2H3,(H,15,16)(H,17,18)/t7-,8-,9+/m1/s1. The van der Waals surface area contributed by atoms with Crippen LogP contribution in [0.4, 0.5) is 0 Å². The molecule has 0 aromatic rings. The lowest BCUT2D eigenvalue weighted by Crippen LogP contribution is -2.48. The summed E-state index contributed by atoms with van der Waals surface area (Å²) < 4.78 is 4.64. The maximum absolute atomic E-state index is 11.7. The molecule has 3 atom stereocenters. The summed E-state index contributed by atoms with van der Waals surface area (Å²) in [7, 11) is 0. The number of aliphatic carboxylic acids is 1. The number of unbranched alkanes of at least 4 members (excludes halogenated alkanes) is 1.